The molecular formula is C9H12N2O3S. The zero-order chi connectivity index (χ0) is 11.6. The Balaban J connectivity index is 3.01. The lowest BCUT2D eigenvalue weighted by atomic mass is 10.1. The van der Waals surface area contributed by atoms with E-state index in [9.17, 15) is 9.59 Å². The molecule has 15 heavy (non-hydrogen) atoms. The van der Waals surface area contributed by atoms with Crippen LogP contribution in [0.15, 0.2) is 0 Å². The summed E-state index contributed by atoms with van der Waals surface area (Å²) in [4.78, 5) is 22.5. The van der Waals surface area contributed by atoms with Crippen LogP contribution in [-0.2, 0) is 4.79 Å². The number of anilines is 1. The molecule has 0 aromatic carbocycles. The third kappa shape index (κ3) is 2.47. The van der Waals surface area contributed by atoms with E-state index in [1.54, 1.807) is 6.92 Å². The first-order chi connectivity index (χ1) is 6.93. The lowest BCUT2D eigenvalue weighted by Gasteiger charge is -2.02. The number of thiophene rings is 1. The molecule has 1 aromatic rings. The fraction of sp³-hybridized carbons (Fsp3) is 0.333. The molecule has 82 valence electrons. The maximum Gasteiger partial charge on any atom is 0.322 e. The third-order valence-corrected chi connectivity index (χ3v) is 3.20. The second-order valence-electron chi connectivity index (χ2n) is 3.10. The number of aryl methyl sites for hydroxylation is 1. The molecule has 6 heteroatoms. The van der Waals surface area contributed by atoms with E-state index in [1.165, 1.54) is 11.3 Å². The Kier molecular flexibility index (Phi) is 3.31. The number of nitrogens with one attached hydrogen (secondary N) is 1. The highest BCUT2D eigenvalue weighted by Crippen LogP contribution is 2.31. The molecule has 0 atom stereocenters. The first kappa shape index (κ1) is 11.5. The molecule has 0 saturated heterocycles. The molecule has 0 aliphatic rings. The van der Waals surface area contributed by atoms with Gasteiger partial charge in [0.15, 0.2) is 0 Å². The summed E-state index contributed by atoms with van der Waals surface area (Å²) in [5.41, 5.74) is 6.41. The maximum absolute atomic E-state index is 11.1. The van der Waals surface area contributed by atoms with Crippen molar-refractivity contribution >= 4 is 28.2 Å². The minimum absolute atomic E-state index is 0.223. The SMILES string of the molecule is Cc1sc(NCC(=O)O)c(C(N)=O)c1C. The lowest BCUT2D eigenvalue weighted by Crippen LogP contribution is -2.17. The number of aliphatic carboxylic acids is 1. The van der Waals surface area contributed by atoms with E-state index in [1.807, 2.05) is 6.92 Å². The molecule has 1 rings (SSSR count). The van der Waals surface area contributed by atoms with Crippen LogP contribution in [0.5, 0.6) is 0 Å². The van der Waals surface area contributed by atoms with E-state index < -0.39 is 11.9 Å². The number of rotatable bonds is 4. The molecule has 1 amide bonds. The molecular weight excluding hydrogens is 216 g/mol. The second kappa shape index (κ2) is 4.31. The molecule has 0 bridgehead atoms. The molecule has 4 N–H and O–H groups in total. The molecule has 0 aliphatic carbocycles. The van der Waals surface area contributed by atoms with Crippen molar-refractivity contribution < 1.29 is 14.7 Å². The van der Waals surface area contributed by atoms with Crippen LogP contribution in [0.4, 0.5) is 5.00 Å². The summed E-state index contributed by atoms with van der Waals surface area (Å²) >= 11 is 1.34. The van der Waals surface area contributed by atoms with Crippen LogP contribution in [0.1, 0.15) is 20.8 Å². The number of nitrogens with two attached hydrogens (primary N) is 1. The average molecular weight is 228 g/mol. The minimum atomic E-state index is -0.978. The van der Waals surface area contributed by atoms with Crippen LogP contribution in [0, 0.1) is 13.8 Å². The summed E-state index contributed by atoms with van der Waals surface area (Å²) in [6.45, 7) is 3.43. The van der Waals surface area contributed by atoms with Gasteiger partial charge in [-0.15, -0.1) is 11.3 Å². The second-order valence-corrected chi connectivity index (χ2v) is 4.32. The van der Waals surface area contributed by atoms with Crippen LogP contribution in [-0.4, -0.2) is 23.5 Å². The number of hydrogen-bond acceptors (Lipinski definition) is 4. The van der Waals surface area contributed by atoms with Crippen molar-refractivity contribution in [3.63, 3.8) is 0 Å². The Labute approximate surface area is 90.9 Å². The highest BCUT2D eigenvalue weighted by molar-refractivity contribution is 7.16. The quantitative estimate of drug-likeness (QED) is 0.715. The summed E-state index contributed by atoms with van der Waals surface area (Å²) in [6.07, 6.45) is 0. The van der Waals surface area contributed by atoms with Crippen molar-refractivity contribution in [3.05, 3.63) is 16.0 Å². The fourth-order valence-corrected chi connectivity index (χ4v) is 2.27. The van der Waals surface area contributed by atoms with E-state index in [0.717, 1.165) is 10.4 Å². The van der Waals surface area contributed by atoms with Crippen LogP contribution in [0.3, 0.4) is 0 Å². The number of carboxylic acid groups (broad SMARTS) is 1. The van der Waals surface area contributed by atoms with Gasteiger partial charge in [0.25, 0.3) is 5.91 Å². The van der Waals surface area contributed by atoms with Crippen molar-refractivity contribution in [1.82, 2.24) is 0 Å². The van der Waals surface area contributed by atoms with Gasteiger partial charge in [-0.25, -0.2) is 0 Å². The lowest BCUT2D eigenvalue weighted by molar-refractivity contribution is -0.134. The summed E-state index contributed by atoms with van der Waals surface area (Å²) in [5, 5.41) is 11.7. The topological polar surface area (TPSA) is 92.4 Å². The Morgan fingerprint density at radius 2 is 2.07 bits per heavy atom. The van der Waals surface area contributed by atoms with Gasteiger partial charge in [-0.2, -0.15) is 0 Å². The standard InChI is InChI=1S/C9H12N2O3S/c1-4-5(2)15-9(7(4)8(10)14)11-3-6(12)13/h11H,3H2,1-2H3,(H2,10,14)(H,12,13). The number of amides is 1. The predicted octanol–water partition coefficient (Wildman–Crippen LogP) is 0.960. The van der Waals surface area contributed by atoms with Gasteiger partial charge in [0.05, 0.1) is 5.56 Å². The van der Waals surface area contributed by atoms with Crippen LogP contribution < -0.4 is 11.1 Å². The van der Waals surface area contributed by atoms with Crippen LogP contribution in [0.25, 0.3) is 0 Å². The summed E-state index contributed by atoms with van der Waals surface area (Å²) in [7, 11) is 0. The van der Waals surface area contributed by atoms with Gasteiger partial charge < -0.3 is 16.2 Å². The number of carbonyl (C=O) groups excluding carboxylic acids is 1. The smallest absolute Gasteiger partial charge is 0.322 e. The van der Waals surface area contributed by atoms with E-state index >= 15 is 0 Å². The molecule has 0 fully saturated rings. The normalized spacial score (nSPS) is 10.0. The molecule has 1 heterocycles. The molecule has 0 radical (unpaired) electrons. The number of carboxylic acids is 1. The van der Waals surface area contributed by atoms with E-state index in [-0.39, 0.29) is 6.54 Å². The van der Waals surface area contributed by atoms with Crippen molar-refractivity contribution in [1.29, 1.82) is 0 Å². The summed E-state index contributed by atoms with van der Waals surface area (Å²) in [5.74, 6) is -1.51. The highest BCUT2D eigenvalue weighted by atomic mass is 32.1. The fourth-order valence-electron chi connectivity index (χ4n) is 1.20. The highest BCUT2D eigenvalue weighted by Gasteiger charge is 2.17. The average Bonchev–Trinajstić information content (AvgIpc) is 2.39. The van der Waals surface area contributed by atoms with Gasteiger partial charge in [0, 0.05) is 4.88 Å². The van der Waals surface area contributed by atoms with E-state index in [0.29, 0.717) is 10.6 Å². The number of carbonyl (C=O) groups is 2. The zero-order valence-electron chi connectivity index (χ0n) is 8.46. The zero-order valence-corrected chi connectivity index (χ0v) is 9.27. The summed E-state index contributed by atoms with van der Waals surface area (Å²) < 4.78 is 0. The van der Waals surface area contributed by atoms with Crippen LogP contribution in [0.2, 0.25) is 0 Å². The third-order valence-electron chi connectivity index (χ3n) is 2.03. The number of hydrogen-bond donors (Lipinski definition) is 3. The molecule has 0 aliphatic heterocycles. The van der Waals surface area contributed by atoms with Crippen molar-refractivity contribution in [2.24, 2.45) is 5.73 Å². The molecule has 5 nitrogen and oxygen atoms in total. The Hall–Kier alpha value is -1.56. The van der Waals surface area contributed by atoms with Gasteiger partial charge in [-0.3, -0.25) is 9.59 Å². The molecule has 0 saturated carbocycles. The Morgan fingerprint density at radius 1 is 1.47 bits per heavy atom. The predicted molar refractivity (Wildman–Crippen MR) is 58.4 cm³/mol. The molecule has 0 spiro atoms. The Morgan fingerprint density at radius 3 is 2.53 bits per heavy atom. The van der Waals surface area contributed by atoms with Gasteiger partial charge in [-0.05, 0) is 19.4 Å². The van der Waals surface area contributed by atoms with Crippen molar-refractivity contribution in [3.8, 4) is 0 Å². The largest absolute Gasteiger partial charge is 0.480 e. The van der Waals surface area contributed by atoms with Gasteiger partial charge in [-0.1, -0.05) is 0 Å². The van der Waals surface area contributed by atoms with Gasteiger partial charge >= 0.3 is 5.97 Å². The Bertz CT molecular complexity index is 412. The summed E-state index contributed by atoms with van der Waals surface area (Å²) in [6, 6.07) is 0. The first-order valence-electron chi connectivity index (χ1n) is 4.29. The maximum atomic E-state index is 11.1. The van der Waals surface area contributed by atoms with Gasteiger partial charge in [0.2, 0.25) is 0 Å². The number of primary amides is 1. The first-order valence-corrected chi connectivity index (χ1v) is 5.10. The monoisotopic (exact) mass is 228 g/mol. The van der Waals surface area contributed by atoms with E-state index in [4.69, 9.17) is 10.8 Å². The van der Waals surface area contributed by atoms with Crippen molar-refractivity contribution in [2.75, 3.05) is 11.9 Å². The molecule has 0 unspecified atom stereocenters. The van der Waals surface area contributed by atoms with Crippen molar-refractivity contribution in [2.45, 2.75) is 13.8 Å². The van der Waals surface area contributed by atoms with E-state index in [2.05, 4.69) is 5.32 Å². The van der Waals surface area contributed by atoms with Crippen LogP contribution >= 0.6 is 11.3 Å². The molecule has 1 aromatic heterocycles. The minimum Gasteiger partial charge on any atom is -0.480 e. The van der Waals surface area contributed by atoms with Gasteiger partial charge in [0.1, 0.15) is 11.5 Å².